The Morgan fingerprint density at radius 3 is 2.50 bits per heavy atom. The Morgan fingerprint density at radius 2 is 1.89 bits per heavy atom. The van der Waals surface area contributed by atoms with Crippen molar-refractivity contribution in [2.45, 2.75) is 51.0 Å². The lowest BCUT2D eigenvalue weighted by molar-refractivity contribution is 0.414. The van der Waals surface area contributed by atoms with Gasteiger partial charge in [-0.2, -0.15) is 0 Å². The average molecular weight is 247 g/mol. The van der Waals surface area contributed by atoms with E-state index in [0.29, 0.717) is 6.04 Å². The van der Waals surface area contributed by atoms with Crippen LogP contribution in [-0.2, 0) is 6.42 Å². The van der Waals surface area contributed by atoms with E-state index in [1.54, 1.807) is 7.11 Å². The standard InChI is InChI=1S/C16H25NO/c1-18-16-10-7-13(8-11-16)6-9-15(17)12-14-4-2-3-5-14/h7-8,10-11,14-15H,2-6,9,12,17H2,1H3. The van der Waals surface area contributed by atoms with E-state index in [0.717, 1.165) is 24.5 Å². The summed E-state index contributed by atoms with van der Waals surface area (Å²) in [6.07, 6.45) is 9.02. The Morgan fingerprint density at radius 1 is 1.22 bits per heavy atom. The maximum Gasteiger partial charge on any atom is 0.118 e. The summed E-state index contributed by atoms with van der Waals surface area (Å²) in [4.78, 5) is 0. The van der Waals surface area contributed by atoms with Crippen LogP contribution in [-0.4, -0.2) is 13.2 Å². The van der Waals surface area contributed by atoms with Gasteiger partial charge in [-0.15, -0.1) is 0 Å². The number of nitrogens with two attached hydrogens (primary N) is 1. The monoisotopic (exact) mass is 247 g/mol. The number of hydrogen-bond donors (Lipinski definition) is 1. The van der Waals surface area contributed by atoms with E-state index < -0.39 is 0 Å². The molecule has 1 aromatic carbocycles. The second-order valence-electron chi connectivity index (χ2n) is 5.53. The van der Waals surface area contributed by atoms with Crippen LogP contribution in [0.15, 0.2) is 24.3 Å². The fourth-order valence-electron chi connectivity index (χ4n) is 2.94. The van der Waals surface area contributed by atoms with Gasteiger partial charge in [-0.05, 0) is 42.9 Å². The number of methoxy groups -OCH3 is 1. The van der Waals surface area contributed by atoms with Gasteiger partial charge in [0.25, 0.3) is 0 Å². The predicted octanol–water partition coefficient (Wildman–Crippen LogP) is 3.54. The van der Waals surface area contributed by atoms with E-state index in [-0.39, 0.29) is 0 Å². The average Bonchev–Trinajstić information content (AvgIpc) is 2.90. The molecule has 2 N–H and O–H groups in total. The second-order valence-corrected chi connectivity index (χ2v) is 5.53. The van der Waals surface area contributed by atoms with Crippen LogP contribution in [0.2, 0.25) is 0 Å². The van der Waals surface area contributed by atoms with Crippen molar-refractivity contribution in [3.63, 3.8) is 0 Å². The molecule has 0 saturated heterocycles. The molecule has 1 aromatic rings. The first kappa shape index (κ1) is 13.4. The smallest absolute Gasteiger partial charge is 0.118 e. The van der Waals surface area contributed by atoms with Crippen LogP contribution in [0.5, 0.6) is 5.75 Å². The topological polar surface area (TPSA) is 35.2 Å². The van der Waals surface area contributed by atoms with Gasteiger partial charge >= 0.3 is 0 Å². The van der Waals surface area contributed by atoms with Crippen molar-refractivity contribution in [2.75, 3.05) is 7.11 Å². The quantitative estimate of drug-likeness (QED) is 0.834. The molecule has 1 unspecified atom stereocenters. The molecule has 1 saturated carbocycles. The number of aryl methyl sites for hydroxylation is 1. The predicted molar refractivity (Wildman–Crippen MR) is 75.9 cm³/mol. The largest absolute Gasteiger partial charge is 0.497 e. The highest BCUT2D eigenvalue weighted by molar-refractivity contribution is 5.27. The van der Waals surface area contributed by atoms with Gasteiger partial charge in [0.15, 0.2) is 0 Å². The van der Waals surface area contributed by atoms with Gasteiger partial charge in [0.05, 0.1) is 7.11 Å². The van der Waals surface area contributed by atoms with Gasteiger partial charge in [0.2, 0.25) is 0 Å². The van der Waals surface area contributed by atoms with Crippen molar-refractivity contribution in [3.05, 3.63) is 29.8 Å². The van der Waals surface area contributed by atoms with Crippen molar-refractivity contribution in [1.29, 1.82) is 0 Å². The van der Waals surface area contributed by atoms with Crippen molar-refractivity contribution >= 4 is 0 Å². The summed E-state index contributed by atoms with van der Waals surface area (Å²) in [5.74, 6) is 1.82. The minimum absolute atomic E-state index is 0.371. The van der Waals surface area contributed by atoms with Gasteiger partial charge in [0.1, 0.15) is 5.75 Å². The molecule has 2 nitrogen and oxygen atoms in total. The van der Waals surface area contributed by atoms with Crippen molar-refractivity contribution in [2.24, 2.45) is 11.7 Å². The first-order chi connectivity index (χ1) is 8.78. The Balaban J connectivity index is 1.72. The van der Waals surface area contributed by atoms with Crippen molar-refractivity contribution in [1.82, 2.24) is 0 Å². The van der Waals surface area contributed by atoms with Gasteiger partial charge < -0.3 is 10.5 Å². The molecule has 1 aliphatic rings. The molecule has 1 atom stereocenters. The van der Waals surface area contributed by atoms with Crippen molar-refractivity contribution < 1.29 is 4.74 Å². The van der Waals surface area contributed by atoms with E-state index in [9.17, 15) is 0 Å². The molecule has 2 rings (SSSR count). The zero-order chi connectivity index (χ0) is 12.8. The minimum Gasteiger partial charge on any atom is -0.497 e. The summed E-state index contributed by atoms with van der Waals surface area (Å²) in [5, 5.41) is 0. The van der Waals surface area contributed by atoms with Crippen LogP contribution in [0.25, 0.3) is 0 Å². The van der Waals surface area contributed by atoms with Crippen LogP contribution < -0.4 is 10.5 Å². The molecule has 18 heavy (non-hydrogen) atoms. The zero-order valence-corrected chi connectivity index (χ0v) is 11.4. The fraction of sp³-hybridized carbons (Fsp3) is 0.625. The van der Waals surface area contributed by atoms with Crippen LogP contribution >= 0.6 is 0 Å². The highest BCUT2D eigenvalue weighted by Gasteiger charge is 2.17. The lowest BCUT2D eigenvalue weighted by Gasteiger charge is -2.16. The summed E-state index contributed by atoms with van der Waals surface area (Å²) in [7, 11) is 1.70. The van der Waals surface area contributed by atoms with Gasteiger partial charge in [-0.25, -0.2) is 0 Å². The SMILES string of the molecule is COc1ccc(CCC(N)CC2CCCC2)cc1. The molecule has 0 aliphatic heterocycles. The first-order valence-corrected chi connectivity index (χ1v) is 7.16. The Kier molecular flexibility index (Phi) is 5.06. The highest BCUT2D eigenvalue weighted by atomic mass is 16.5. The summed E-state index contributed by atoms with van der Waals surface area (Å²) in [6, 6.07) is 8.70. The molecule has 0 amide bonds. The van der Waals surface area contributed by atoms with Crippen LogP contribution in [0.1, 0.15) is 44.1 Å². The minimum atomic E-state index is 0.371. The number of benzene rings is 1. The maximum atomic E-state index is 6.23. The number of hydrogen-bond acceptors (Lipinski definition) is 2. The highest BCUT2D eigenvalue weighted by Crippen LogP contribution is 2.28. The molecule has 0 radical (unpaired) electrons. The van der Waals surface area contributed by atoms with Gasteiger partial charge in [-0.1, -0.05) is 37.8 Å². The van der Waals surface area contributed by atoms with E-state index in [2.05, 4.69) is 12.1 Å². The fourth-order valence-corrected chi connectivity index (χ4v) is 2.94. The Hall–Kier alpha value is -1.02. The maximum absolute atomic E-state index is 6.23. The normalized spacial score (nSPS) is 17.9. The summed E-state index contributed by atoms with van der Waals surface area (Å²) < 4.78 is 5.16. The molecular weight excluding hydrogens is 222 g/mol. The molecule has 100 valence electrons. The Labute approximate surface area is 111 Å². The molecular formula is C16H25NO. The van der Waals surface area contributed by atoms with Gasteiger partial charge in [-0.3, -0.25) is 0 Å². The number of ether oxygens (including phenoxy) is 1. The lowest BCUT2D eigenvalue weighted by atomic mass is 9.95. The van der Waals surface area contributed by atoms with E-state index in [4.69, 9.17) is 10.5 Å². The second kappa shape index (κ2) is 6.79. The first-order valence-electron chi connectivity index (χ1n) is 7.16. The molecule has 0 aromatic heterocycles. The third-order valence-electron chi connectivity index (χ3n) is 4.07. The molecule has 0 heterocycles. The summed E-state index contributed by atoms with van der Waals surface area (Å²) in [6.45, 7) is 0. The summed E-state index contributed by atoms with van der Waals surface area (Å²) in [5.41, 5.74) is 7.59. The summed E-state index contributed by atoms with van der Waals surface area (Å²) >= 11 is 0. The molecule has 0 bridgehead atoms. The van der Waals surface area contributed by atoms with E-state index in [1.807, 2.05) is 12.1 Å². The van der Waals surface area contributed by atoms with E-state index >= 15 is 0 Å². The zero-order valence-electron chi connectivity index (χ0n) is 11.4. The van der Waals surface area contributed by atoms with Crippen molar-refractivity contribution in [3.8, 4) is 5.75 Å². The third kappa shape index (κ3) is 4.02. The van der Waals surface area contributed by atoms with E-state index in [1.165, 1.54) is 37.7 Å². The molecule has 1 fully saturated rings. The molecule has 1 aliphatic carbocycles. The van der Waals surface area contributed by atoms with Gasteiger partial charge in [0, 0.05) is 6.04 Å². The van der Waals surface area contributed by atoms with Crippen LogP contribution in [0.4, 0.5) is 0 Å². The molecule has 2 heteroatoms. The Bertz CT molecular complexity index is 341. The lowest BCUT2D eigenvalue weighted by Crippen LogP contribution is -2.23. The molecule has 0 spiro atoms. The van der Waals surface area contributed by atoms with Crippen LogP contribution in [0, 0.1) is 5.92 Å². The third-order valence-corrected chi connectivity index (χ3v) is 4.07. The number of rotatable bonds is 6. The van der Waals surface area contributed by atoms with Crippen LogP contribution in [0.3, 0.4) is 0 Å².